The fourth-order valence-corrected chi connectivity index (χ4v) is 2.75. The number of nitrogens with two attached hydrogens (primary N) is 1. The maximum atomic E-state index is 12.1. The van der Waals surface area contributed by atoms with E-state index in [0.717, 1.165) is 23.2 Å². The van der Waals surface area contributed by atoms with Crippen molar-refractivity contribution in [2.45, 2.75) is 13.0 Å². The smallest absolute Gasteiger partial charge is 0.251 e. The van der Waals surface area contributed by atoms with Crippen LogP contribution in [0.5, 0.6) is 0 Å². The summed E-state index contributed by atoms with van der Waals surface area (Å²) >= 11 is 1.38. The molecule has 2 aromatic heterocycles. The SMILES string of the molecule is Nc1nc2ccc(C(=O)NCCCn3ccnn3)cc2s1. The number of amides is 1. The molecule has 0 saturated carbocycles. The Bertz CT molecular complexity index is 751. The standard InChI is InChI=1S/C13H14N6OS/c14-13-17-10-3-2-9(8-11(10)21-13)12(20)15-4-1-6-19-7-5-16-18-19/h2-3,5,7-8H,1,4,6H2,(H2,14,17)(H,15,20). The molecule has 0 atom stereocenters. The van der Waals surface area contributed by atoms with Gasteiger partial charge in [0.05, 0.1) is 16.4 Å². The molecule has 3 aromatic rings. The number of carbonyl (C=O) groups excluding carboxylic acids is 1. The second-order valence-corrected chi connectivity index (χ2v) is 5.57. The summed E-state index contributed by atoms with van der Waals surface area (Å²) in [5.41, 5.74) is 7.09. The molecule has 0 fully saturated rings. The van der Waals surface area contributed by atoms with Gasteiger partial charge >= 0.3 is 0 Å². The van der Waals surface area contributed by atoms with Crippen molar-refractivity contribution in [3.63, 3.8) is 0 Å². The lowest BCUT2D eigenvalue weighted by Gasteiger charge is -2.05. The molecule has 1 aromatic carbocycles. The lowest BCUT2D eigenvalue weighted by atomic mass is 10.2. The molecule has 2 heterocycles. The third-order valence-electron chi connectivity index (χ3n) is 2.99. The Labute approximate surface area is 124 Å². The van der Waals surface area contributed by atoms with Gasteiger partial charge in [0, 0.05) is 24.8 Å². The molecule has 0 saturated heterocycles. The first kappa shape index (κ1) is 13.5. The summed E-state index contributed by atoms with van der Waals surface area (Å²) in [6.07, 6.45) is 4.23. The van der Waals surface area contributed by atoms with Gasteiger partial charge in [0.25, 0.3) is 5.91 Å². The lowest BCUT2D eigenvalue weighted by molar-refractivity contribution is 0.0952. The fraction of sp³-hybridized carbons (Fsp3) is 0.231. The Balaban J connectivity index is 1.56. The van der Waals surface area contributed by atoms with Gasteiger partial charge < -0.3 is 11.1 Å². The van der Waals surface area contributed by atoms with Crippen molar-refractivity contribution in [1.29, 1.82) is 0 Å². The topological polar surface area (TPSA) is 98.7 Å². The zero-order valence-corrected chi connectivity index (χ0v) is 12.0. The van der Waals surface area contributed by atoms with Crippen LogP contribution in [0.25, 0.3) is 10.2 Å². The molecule has 7 nitrogen and oxygen atoms in total. The van der Waals surface area contributed by atoms with Gasteiger partial charge in [-0.05, 0) is 24.6 Å². The highest BCUT2D eigenvalue weighted by atomic mass is 32.1. The van der Waals surface area contributed by atoms with E-state index in [-0.39, 0.29) is 5.91 Å². The molecule has 0 radical (unpaired) electrons. The predicted octanol–water partition coefficient (Wildman–Crippen LogP) is 1.29. The summed E-state index contributed by atoms with van der Waals surface area (Å²) in [5, 5.41) is 11.0. The highest BCUT2D eigenvalue weighted by molar-refractivity contribution is 7.22. The average molecular weight is 302 g/mol. The van der Waals surface area contributed by atoms with E-state index in [9.17, 15) is 4.79 Å². The van der Waals surface area contributed by atoms with Crippen molar-refractivity contribution in [1.82, 2.24) is 25.3 Å². The second-order valence-electron chi connectivity index (χ2n) is 4.51. The van der Waals surface area contributed by atoms with Crippen molar-refractivity contribution in [3.05, 3.63) is 36.2 Å². The van der Waals surface area contributed by atoms with Crippen LogP contribution in [0.4, 0.5) is 5.13 Å². The number of aryl methyl sites for hydroxylation is 1. The third kappa shape index (κ3) is 3.16. The summed E-state index contributed by atoms with van der Waals surface area (Å²) in [5.74, 6) is -0.0949. The molecule has 108 valence electrons. The first-order valence-corrected chi connectivity index (χ1v) is 7.32. The van der Waals surface area contributed by atoms with Gasteiger partial charge in [0.2, 0.25) is 0 Å². The molecule has 0 bridgehead atoms. The Kier molecular flexibility index (Phi) is 3.78. The molecular formula is C13H14N6OS. The van der Waals surface area contributed by atoms with E-state index in [4.69, 9.17) is 5.73 Å². The summed E-state index contributed by atoms with van der Waals surface area (Å²) in [4.78, 5) is 16.2. The minimum Gasteiger partial charge on any atom is -0.375 e. The van der Waals surface area contributed by atoms with Crippen LogP contribution in [0, 0.1) is 0 Å². The van der Waals surface area contributed by atoms with Crippen LogP contribution in [0.2, 0.25) is 0 Å². The maximum Gasteiger partial charge on any atom is 0.251 e. The summed E-state index contributed by atoms with van der Waals surface area (Å²) in [7, 11) is 0. The second kappa shape index (κ2) is 5.88. The van der Waals surface area contributed by atoms with Crippen LogP contribution >= 0.6 is 11.3 Å². The van der Waals surface area contributed by atoms with Gasteiger partial charge in [0.1, 0.15) is 0 Å². The average Bonchev–Trinajstić information content (AvgIpc) is 3.10. The van der Waals surface area contributed by atoms with Crippen molar-refractivity contribution >= 4 is 32.6 Å². The number of aromatic nitrogens is 4. The van der Waals surface area contributed by atoms with E-state index in [1.165, 1.54) is 11.3 Å². The number of carbonyl (C=O) groups is 1. The van der Waals surface area contributed by atoms with E-state index >= 15 is 0 Å². The van der Waals surface area contributed by atoms with Crippen LogP contribution in [-0.2, 0) is 6.54 Å². The van der Waals surface area contributed by atoms with Gasteiger partial charge in [-0.1, -0.05) is 16.6 Å². The van der Waals surface area contributed by atoms with Crippen LogP contribution in [0.1, 0.15) is 16.8 Å². The number of fused-ring (bicyclic) bond motifs is 1. The van der Waals surface area contributed by atoms with Gasteiger partial charge in [-0.15, -0.1) is 5.10 Å². The molecule has 0 aliphatic carbocycles. The monoisotopic (exact) mass is 302 g/mol. The number of hydrogen-bond acceptors (Lipinski definition) is 6. The van der Waals surface area contributed by atoms with E-state index in [1.807, 2.05) is 12.1 Å². The molecule has 0 unspecified atom stereocenters. The van der Waals surface area contributed by atoms with E-state index in [0.29, 0.717) is 17.2 Å². The van der Waals surface area contributed by atoms with E-state index < -0.39 is 0 Å². The van der Waals surface area contributed by atoms with Gasteiger partial charge in [-0.25, -0.2) is 4.98 Å². The Morgan fingerprint density at radius 2 is 2.33 bits per heavy atom. The van der Waals surface area contributed by atoms with Crippen molar-refractivity contribution in [2.24, 2.45) is 0 Å². The lowest BCUT2D eigenvalue weighted by Crippen LogP contribution is -2.25. The highest BCUT2D eigenvalue weighted by Crippen LogP contribution is 2.24. The number of hydrogen-bond donors (Lipinski definition) is 2. The molecule has 8 heteroatoms. The molecule has 1 amide bonds. The zero-order chi connectivity index (χ0) is 14.7. The van der Waals surface area contributed by atoms with Gasteiger partial charge in [-0.2, -0.15) is 0 Å². The Morgan fingerprint density at radius 3 is 3.14 bits per heavy atom. The highest BCUT2D eigenvalue weighted by Gasteiger charge is 2.08. The first-order chi connectivity index (χ1) is 10.2. The molecule has 3 rings (SSSR count). The maximum absolute atomic E-state index is 12.1. The molecule has 21 heavy (non-hydrogen) atoms. The molecule has 0 spiro atoms. The quantitative estimate of drug-likeness (QED) is 0.692. The number of nitrogens with one attached hydrogen (secondary N) is 1. The first-order valence-electron chi connectivity index (χ1n) is 6.51. The van der Waals surface area contributed by atoms with Crippen LogP contribution < -0.4 is 11.1 Å². The van der Waals surface area contributed by atoms with Crippen LogP contribution in [0.3, 0.4) is 0 Å². The Hall–Kier alpha value is -2.48. The number of rotatable bonds is 5. The largest absolute Gasteiger partial charge is 0.375 e. The summed E-state index contributed by atoms with van der Waals surface area (Å²) < 4.78 is 2.65. The molecule has 0 aliphatic heterocycles. The minimum absolute atomic E-state index is 0.0949. The number of nitrogens with zero attached hydrogens (tertiary/aromatic N) is 4. The van der Waals surface area contributed by atoms with Gasteiger partial charge in [-0.3, -0.25) is 9.48 Å². The summed E-state index contributed by atoms with van der Waals surface area (Å²) in [6, 6.07) is 5.39. The van der Waals surface area contributed by atoms with Crippen molar-refractivity contribution < 1.29 is 4.79 Å². The van der Waals surface area contributed by atoms with Gasteiger partial charge in [0.15, 0.2) is 5.13 Å². The normalized spacial score (nSPS) is 10.9. The van der Waals surface area contributed by atoms with E-state index in [1.54, 1.807) is 23.1 Å². The number of benzene rings is 1. The van der Waals surface area contributed by atoms with Crippen molar-refractivity contribution in [3.8, 4) is 0 Å². The summed E-state index contributed by atoms with van der Waals surface area (Å²) in [6.45, 7) is 1.31. The van der Waals surface area contributed by atoms with Crippen LogP contribution in [-0.4, -0.2) is 32.4 Å². The van der Waals surface area contributed by atoms with Crippen LogP contribution in [0.15, 0.2) is 30.6 Å². The number of nitrogen functional groups attached to an aromatic ring is 1. The minimum atomic E-state index is -0.0949. The molecule has 0 aliphatic rings. The zero-order valence-electron chi connectivity index (χ0n) is 11.2. The van der Waals surface area contributed by atoms with E-state index in [2.05, 4.69) is 20.6 Å². The van der Waals surface area contributed by atoms with Crippen molar-refractivity contribution in [2.75, 3.05) is 12.3 Å². The predicted molar refractivity (Wildman–Crippen MR) is 81.0 cm³/mol. The third-order valence-corrected chi connectivity index (χ3v) is 3.84. The Morgan fingerprint density at radius 1 is 1.43 bits per heavy atom. The fourth-order valence-electron chi connectivity index (χ4n) is 1.98. The molecular weight excluding hydrogens is 288 g/mol. The number of thiazole rings is 1. The molecule has 3 N–H and O–H groups in total. The number of anilines is 1.